The van der Waals surface area contributed by atoms with Gasteiger partial charge in [0.1, 0.15) is 11.5 Å². The van der Waals surface area contributed by atoms with Crippen LogP contribution in [0.4, 0.5) is 15.8 Å². The highest BCUT2D eigenvalue weighted by molar-refractivity contribution is 8.00. The molecule has 10 heteroatoms. The van der Waals surface area contributed by atoms with E-state index in [2.05, 4.69) is 16.0 Å². The summed E-state index contributed by atoms with van der Waals surface area (Å²) in [5.41, 5.74) is 2.23. The van der Waals surface area contributed by atoms with Gasteiger partial charge in [-0.2, -0.15) is 0 Å². The van der Waals surface area contributed by atoms with Gasteiger partial charge in [0.15, 0.2) is 0 Å². The van der Waals surface area contributed by atoms with Crippen molar-refractivity contribution in [3.63, 3.8) is 0 Å². The molecule has 3 N–H and O–H groups in total. The fourth-order valence-electron chi connectivity index (χ4n) is 3.78. The van der Waals surface area contributed by atoms with Crippen molar-refractivity contribution >= 4 is 52.9 Å². The van der Waals surface area contributed by atoms with Gasteiger partial charge in [-0.15, -0.1) is 11.8 Å². The molecular formula is C33H28FN3O5S. The Morgan fingerprint density at radius 1 is 0.791 bits per heavy atom. The molecule has 0 aromatic heterocycles. The summed E-state index contributed by atoms with van der Waals surface area (Å²) in [7, 11) is 0. The molecule has 0 spiro atoms. The van der Waals surface area contributed by atoms with Gasteiger partial charge in [0.25, 0.3) is 11.8 Å². The Morgan fingerprint density at radius 2 is 1.51 bits per heavy atom. The summed E-state index contributed by atoms with van der Waals surface area (Å²) in [6.45, 7) is 2.00. The third-order valence-electron chi connectivity index (χ3n) is 5.85. The van der Waals surface area contributed by atoms with E-state index in [-0.39, 0.29) is 24.0 Å². The van der Waals surface area contributed by atoms with E-state index >= 15 is 0 Å². The van der Waals surface area contributed by atoms with Crippen LogP contribution in [-0.4, -0.2) is 36.1 Å². The molecule has 43 heavy (non-hydrogen) atoms. The highest BCUT2D eigenvalue weighted by Crippen LogP contribution is 2.23. The first-order valence-electron chi connectivity index (χ1n) is 13.3. The molecule has 8 nitrogen and oxygen atoms in total. The highest BCUT2D eigenvalue weighted by Gasteiger charge is 2.16. The van der Waals surface area contributed by atoms with E-state index in [1.54, 1.807) is 85.8 Å². The Hall–Kier alpha value is -5.22. The molecule has 0 aliphatic rings. The predicted molar refractivity (Wildman–Crippen MR) is 165 cm³/mol. The zero-order valence-electron chi connectivity index (χ0n) is 23.1. The number of thioether (sulfide) groups is 1. The first kappa shape index (κ1) is 30.7. The second kappa shape index (κ2) is 15.1. The van der Waals surface area contributed by atoms with Crippen molar-refractivity contribution in [3.8, 4) is 0 Å². The number of ether oxygens (including phenoxy) is 1. The average molecular weight is 598 g/mol. The summed E-state index contributed by atoms with van der Waals surface area (Å²) in [5.74, 6) is -2.07. The van der Waals surface area contributed by atoms with E-state index in [1.807, 2.05) is 0 Å². The molecule has 4 aromatic rings. The van der Waals surface area contributed by atoms with Crippen LogP contribution in [0.2, 0.25) is 0 Å². The van der Waals surface area contributed by atoms with Crippen LogP contribution in [0.15, 0.2) is 114 Å². The number of benzene rings is 4. The summed E-state index contributed by atoms with van der Waals surface area (Å²) < 4.78 is 18.4. The normalized spacial score (nSPS) is 10.9. The quantitative estimate of drug-likeness (QED) is 0.109. The maximum atomic E-state index is 13.4. The lowest BCUT2D eigenvalue weighted by Gasteiger charge is -2.12. The van der Waals surface area contributed by atoms with Crippen molar-refractivity contribution in [2.45, 2.75) is 11.8 Å². The number of anilines is 2. The van der Waals surface area contributed by atoms with Crippen molar-refractivity contribution in [2.24, 2.45) is 0 Å². The minimum absolute atomic E-state index is 0.0353. The van der Waals surface area contributed by atoms with Gasteiger partial charge in [-0.3, -0.25) is 14.4 Å². The lowest BCUT2D eigenvalue weighted by molar-refractivity contribution is -0.114. The lowest BCUT2D eigenvalue weighted by Crippen LogP contribution is -2.30. The number of hydrogen-bond acceptors (Lipinski definition) is 6. The standard InChI is InChI=1S/C33H28FN3O5S/c1-2-42-33(41)24-13-17-26(18-14-24)35-30(38)21-43-28-10-6-9-27(20-28)36-32(40)29(19-22-11-15-25(34)16-12-22)37-31(39)23-7-4-3-5-8-23/h3-20H,2,21H2,1H3,(H,35,38)(H,36,40)(H,37,39)/b29-19-. The van der Waals surface area contributed by atoms with E-state index in [0.29, 0.717) is 28.1 Å². The summed E-state index contributed by atoms with van der Waals surface area (Å²) >= 11 is 1.27. The molecule has 0 saturated heterocycles. The molecule has 0 bridgehead atoms. The molecular weight excluding hydrogens is 569 g/mol. The zero-order chi connectivity index (χ0) is 30.6. The molecule has 4 aromatic carbocycles. The first-order chi connectivity index (χ1) is 20.8. The highest BCUT2D eigenvalue weighted by atomic mass is 32.2. The molecule has 0 fully saturated rings. The molecule has 0 atom stereocenters. The van der Waals surface area contributed by atoms with Crippen LogP contribution in [0, 0.1) is 5.82 Å². The fourth-order valence-corrected chi connectivity index (χ4v) is 4.54. The number of rotatable bonds is 11. The molecule has 0 unspecified atom stereocenters. The Bertz CT molecular complexity index is 1620. The minimum Gasteiger partial charge on any atom is -0.462 e. The SMILES string of the molecule is CCOC(=O)c1ccc(NC(=O)CSc2cccc(NC(=O)/C(=C/c3ccc(F)cc3)NC(=O)c3ccccc3)c2)cc1. The van der Waals surface area contributed by atoms with Crippen LogP contribution in [0.25, 0.3) is 6.08 Å². The smallest absolute Gasteiger partial charge is 0.338 e. The Labute approximate surface area is 252 Å². The second-order valence-corrected chi connectivity index (χ2v) is 10.1. The number of nitrogens with one attached hydrogen (secondary N) is 3. The first-order valence-corrected chi connectivity index (χ1v) is 14.2. The average Bonchev–Trinajstić information content (AvgIpc) is 3.02. The number of hydrogen-bond donors (Lipinski definition) is 3. The Kier molecular flexibility index (Phi) is 10.8. The Balaban J connectivity index is 1.39. The van der Waals surface area contributed by atoms with E-state index in [4.69, 9.17) is 4.74 Å². The van der Waals surface area contributed by atoms with Crippen LogP contribution in [-0.2, 0) is 14.3 Å². The van der Waals surface area contributed by atoms with Gasteiger partial charge in [0, 0.05) is 21.8 Å². The molecule has 4 rings (SSSR count). The fraction of sp³-hybridized carbons (Fsp3) is 0.0909. The molecule has 0 aliphatic carbocycles. The van der Waals surface area contributed by atoms with Crippen LogP contribution in [0.3, 0.4) is 0 Å². The van der Waals surface area contributed by atoms with Gasteiger partial charge in [0.05, 0.1) is 17.9 Å². The van der Waals surface area contributed by atoms with Crippen LogP contribution >= 0.6 is 11.8 Å². The molecule has 218 valence electrons. The third-order valence-corrected chi connectivity index (χ3v) is 6.85. The van der Waals surface area contributed by atoms with Crippen LogP contribution in [0.1, 0.15) is 33.2 Å². The van der Waals surface area contributed by atoms with Crippen molar-refractivity contribution in [1.82, 2.24) is 5.32 Å². The van der Waals surface area contributed by atoms with Gasteiger partial charge in [-0.1, -0.05) is 36.4 Å². The van der Waals surface area contributed by atoms with E-state index in [1.165, 1.54) is 42.1 Å². The molecule has 0 heterocycles. The van der Waals surface area contributed by atoms with Gasteiger partial charge >= 0.3 is 5.97 Å². The molecule has 0 saturated carbocycles. The maximum Gasteiger partial charge on any atom is 0.338 e. The predicted octanol–water partition coefficient (Wildman–Crippen LogP) is 6.14. The van der Waals surface area contributed by atoms with Crippen LogP contribution in [0.5, 0.6) is 0 Å². The van der Waals surface area contributed by atoms with Gasteiger partial charge < -0.3 is 20.7 Å². The molecule has 0 aliphatic heterocycles. The van der Waals surface area contributed by atoms with E-state index in [9.17, 15) is 23.6 Å². The number of carbonyl (C=O) groups excluding carboxylic acids is 4. The summed E-state index contributed by atoms with van der Waals surface area (Å²) in [5, 5.41) is 8.19. The zero-order valence-corrected chi connectivity index (χ0v) is 24.0. The molecule has 0 radical (unpaired) electrons. The van der Waals surface area contributed by atoms with Gasteiger partial charge in [-0.05, 0) is 85.3 Å². The largest absolute Gasteiger partial charge is 0.462 e. The monoisotopic (exact) mass is 597 g/mol. The number of carbonyl (C=O) groups is 4. The third kappa shape index (κ3) is 9.40. The second-order valence-electron chi connectivity index (χ2n) is 9.05. The van der Waals surface area contributed by atoms with E-state index < -0.39 is 23.6 Å². The Morgan fingerprint density at radius 3 is 2.21 bits per heavy atom. The number of halogens is 1. The minimum atomic E-state index is -0.584. The van der Waals surface area contributed by atoms with E-state index in [0.717, 1.165) is 4.90 Å². The van der Waals surface area contributed by atoms with Crippen molar-refractivity contribution in [1.29, 1.82) is 0 Å². The van der Waals surface area contributed by atoms with Crippen molar-refractivity contribution in [3.05, 3.63) is 131 Å². The van der Waals surface area contributed by atoms with Gasteiger partial charge in [-0.25, -0.2) is 9.18 Å². The van der Waals surface area contributed by atoms with Crippen molar-refractivity contribution < 1.29 is 28.3 Å². The number of esters is 1. The van der Waals surface area contributed by atoms with Crippen LogP contribution < -0.4 is 16.0 Å². The van der Waals surface area contributed by atoms with Gasteiger partial charge in [0.2, 0.25) is 5.91 Å². The van der Waals surface area contributed by atoms with Crippen molar-refractivity contribution in [2.75, 3.05) is 23.0 Å². The summed E-state index contributed by atoms with van der Waals surface area (Å²) in [6, 6.07) is 27.3. The molecule has 3 amide bonds. The maximum absolute atomic E-state index is 13.4. The summed E-state index contributed by atoms with van der Waals surface area (Å²) in [6.07, 6.45) is 1.46. The number of amides is 3. The summed E-state index contributed by atoms with van der Waals surface area (Å²) in [4.78, 5) is 51.1. The topological polar surface area (TPSA) is 114 Å². The lowest BCUT2D eigenvalue weighted by atomic mass is 10.1.